The molecule has 48 heavy (non-hydrogen) atoms. The number of carbonyl (C=O) groups is 2. The number of hydroxylamine groups is 1. The van der Waals surface area contributed by atoms with Crippen LogP contribution in [0, 0.1) is 6.92 Å². The maximum Gasteiger partial charge on any atom is 0.305 e. The van der Waals surface area contributed by atoms with E-state index in [1.807, 2.05) is 52.0 Å². The molecule has 5 heterocycles. The summed E-state index contributed by atoms with van der Waals surface area (Å²) < 4.78 is 9.87. The van der Waals surface area contributed by atoms with Crippen molar-refractivity contribution in [1.29, 1.82) is 0 Å². The summed E-state index contributed by atoms with van der Waals surface area (Å²) in [5.41, 5.74) is 13.8. The molecule has 0 aliphatic carbocycles. The lowest BCUT2D eigenvalue weighted by Crippen LogP contribution is -2.18. The van der Waals surface area contributed by atoms with Gasteiger partial charge in [0, 0.05) is 35.0 Å². The van der Waals surface area contributed by atoms with Gasteiger partial charge in [0.2, 0.25) is 0 Å². The normalized spacial score (nSPS) is 18.5. The van der Waals surface area contributed by atoms with Crippen LogP contribution < -0.4 is 16.2 Å². The van der Waals surface area contributed by atoms with Gasteiger partial charge in [-0.05, 0) is 112 Å². The number of hydrogen-bond acceptors (Lipinski definition) is 11. The van der Waals surface area contributed by atoms with E-state index in [-0.39, 0.29) is 24.8 Å². The zero-order valence-corrected chi connectivity index (χ0v) is 28.5. The summed E-state index contributed by atoms with van der Waals surface area (Å²) in [4.78, 5) is 43.0. The number of ether oxygens (including phenoxy) is 2. The molecule has 1 aromatic heterocycles. The molecule has 5 rings (SSSR count). The Kier molecular flexibility index (Phi) is 9.76. The van der Waals surface area contributed by atoms with Crippen LogP contribution in [0.25, 0.3) is 12.2 Å². The van der Waals surface area contributed by atoms with Gasteiger partial charge >= 0.3 is 11.9 Å². The lowest BCUT2D eigenvalue weighted by Gasteiger charge is -2.08. The number of H-pyrrole nitrogens is 1. The van der Waals surface area contributed by atoms with Crippen molar-refractivity contribution in [3.8, 4) is 0 Å². The molecule has 8 bridgehead atoms. The summed E-state index contributed by atoms with van der Waals surface area (Å²) in [5, 5.41) is 24.7. The van der Waals surface area contributed by atoms with Crippen molar-refractivity contribution in [1.82, 2.24) is 10.5 Å². The first-order chi connectivity index (χ1) is 22.9. The molecule has 0 saturated heterocycles. The van der Waals surface area contributed by atoms with Crippen LogP contribution in [-0.2, 0) is 19.1 Å². The summed E-state index contributed by atoms with van der Waals surface area (Å²) in [7, 11) is 2.73. The first-order valence-electron chi connectivity index (χ1n) is 15.6. The molecule has 4 aliphatic rings. The predicted molar refractivity (Wildman–Crippen MR) is 184 cm³/mol. The van der Waals surface area contributed by atoms with Crippen LogP contribution in [0.1, 0.15) is 71.4 Å². The molecule has 4 aliphatic heterocycles. The summed E-state index contributed by atoms with van der Waals surface area (Å²) in [5.74, 6) is -0.664. The highest BCUT2D eigenvalue weighted by molar-refractivity contribution is 6.26. The number of aromatic amines is 1. The van der Waals surface area contributed by atoms with Gasteiger partial charge in [0.05, 0.1) is 59.5 Å². The highest BCUT2D eigenvalue weighted by Crippen LogP contribution is 2.36. The quantitative estimate of drug-likeness (QED) is 0.140. The molecular formula is C36H40N6O6. The fourth-order valence-corrected chi connectivity index (χ4v) is 6.37. The molecule has 250 valence electrons. The first-order valence-corrected chi connectivity index (χ1v) is 15.6. The van der Waals surface area contributed by atoms with Gasteiger partial charge in [0.1, 0.15) is 0 Å². The van der Waals surface area contributed by atoms with Crippen LogP contribution in [0.2, 0.25) is 0 Å². The number of methoxy groups -OCH3 is 2. The Hall–Kier alpha value is -5.36. The van der Waals surface area contributed by atoms with Crippen molar-refractivity contribution in [3.05, 3.63) is 90.2 Å². The number of carbonyl (C=O) groups excluding carboxylic acids is 2. The third-order valence-corrected chi connectivity index (χ3v) is 9.12. The van der Waals surface area contributed by atoms with Crippen LogP contribution >= 0.6 is 0 Å². The maximum atomic E-state index is 12.2. The Morgan fingerprint density at radius 2 is 1.42 bits per heavy atom. The Balaban J connectivity index is 1.85. The Morgan fingerprint density at radius 1 is 0.792 bits per heavy atom. The number of rotatable bonds is 8. The van der Waals surface area contributed by atoms with E-state index < -0.39 is 0 Å². The molecule has 0 saturated carbocycles. The van der Waals surface area contributed by atoms with E-state index in [1.54, 1.807) is 13.8 Å². The molecule has 12 nitrogen and oxygen atoms in total. The van der Waals surface area contributed by atoms with Crippen molar-refractivity contribution in [2.45, 2.75) is 67.2 Å². The van der Waals surface area contributed by atoms with Crippen LogP contribution in [0.4, 0.5) is 0 Å². The van der Waals surface area contributed by atoms with Crippen LogP contribution in [0.3, 0.4) is 0 Å². The molecule has 0 radical (unpaired) electrons. The fraction of sp³-hybridized carbons (Fsp3) is 0.333. The number of allylic oxidation sites excluding steroid dienone is 9. The molecule has 0 atom stereocenters. The standard InChI is InChI=1S/C36H40N6O6/c1-17-23(9-11-33(43)47-7)29-16-30-24(10-12-34(44)48-8)18(2)26(38-30)14-31-36(22(6)42-46)20(4)28(40-31)15-32-35(21(5)41-45)19(3)27(39-32)13-25(17)37-29/h13-16,40-41,45-46H,9-12H2,1-8H3/b25-13?,28-15?,30-16?,31-14?,35-21?,42-22+. The van der Waals surface area contributed by atoms with Crippen molar-refractivity contribution in [3.63, 3.8) is 0 Å². The minimum Gasteiger partial charge on any atom is -0.469 e. The summed E-state index contributed by atoms with van der Waals surface area (Å²) in [6.07, 6.45) is 8.73. The minimum atomic E-state index is -0.333. The molecule has 12 heteroatoms. The van der Waals surface area contributed by atoms with Gasteiger partial charge in [0.25, 0.3) is 0 Å². The highest BCUT2D eigenvalue weighted by atomic mass is 16.5. The van der Waals surface area contributed by atoms with Crippen molar-refractivity contribution in [2.75, 3.05) is 14.2 Å². The number of oxime groups is 1. The number of nitrogens with zero attached hydrogens (tertiary/aromatic N) is 4. The molecule has 0 aromatic carbocycles. The molecule has 4 N–H and O–H groups in total. The van der Waals surface area contributed by atoms with Gasteiger partial charge in [-0.15, -0.1) is 0 Å². The average molecular weight is 653 g/mol. The number of nitrogens with one attached hydrogen (secondary N) is 2. The molecular weight excluding hydrogens is 612 g/mol. The lowest BCUT2D eigenvalue weighted by atomic mass is 9.96. The van der Waals surface area contributed by atoms with Gasteiger partial charge in [-0.2, -0.15) is 0 Å². The second-order valence-corrected chi connectivity index (χ2v) is 12.0. The molecule has 0 amide bonds. The molecule has 1 aromatic rings. The average Bonchev–Trinajstić information content (AvgIpc) is 3.74. The smallest absolute Gasteiger partial charge is 0.305 e. The SMILES string of the molecule is COC(=O)CCC1=C(C)C2=NC1=CC1=NC(=CC3=C(C)C(=C(C)NO)C(=N3)C=c3[nH]c(c(/C(C)=N/O)c3C)=C2)C(C)=C1CCC(=O)OC. The second kappa shape index (κ2) is 13.8. The molecule has 0 fully saturated rings. The van der Waals surface area contributed by atoms with E-state index in [9.17, 15) is 20.0 Å². The van der Waals surface area contributed by atoms with Gasteiger partial charge in [-0.3, -0.25) is 20.3 Å². The third-order valence-electron chi connectivity index (χ3n) is 9.12. The monoisotopic (exact) mass is 652 g/mol. The zero-order chi connectivity index (χ0) is 34.9. The van der Waals surface area contributed by atoms with E-state index in [2.05, 4.69) is 15.6 Å². The minimum absolute atomic E-state index is 0.165. The molecule has 0 spiro atoms. The zero-order valence-electron chi connectivity index (χ0n) is 28.5. The summed E-state index contributed by atoms with van der Waals surface area (Å²) in [6, 6.07) is 0. The second-order valence-electron chi connectivity index (χ2n) is 12.0. The Morgan fingerprint density at radius 3 is 2.04 bits per heavy atom. The van der Waals surface area contributed by atoms with Crippen LogP contribution in [-0.4, -0.2) is 64.4 Å². The van der Waals surface area contributed by atoms with E-state index in [4.69, 9.17) is 24.5 Å². The van der Waals surface area contributed by atoms with Crippen LogP contribution in [0.15, 0.2) is 88.5 Å². The Bertz CT molecular complexity index is 2070. The largest absolute Gasteiger partial charge is 0.469 e. The van der Waals surface area contributed by atoms with Crippen molar-refractivity contribution >= 4 is 46.9 Å². The predicted octanol–water partition coefficient (Wildman–Crippen LogP) is 4.29. The van der Waals surface area contributed by atoms with E-state index >= 15 is 0 Å². The van der Waals surface area contributed by atoms with E-state index in [0.29, 0.717) is 69.4 Å². The van der Waals surface area contributed by atoms with E-state index in [0.717, 1.165) is 44.4 Å². The summed E-state index contributed by atoms with van der Waals surface area (Å²) >= 11 is 0. The van der Waals surface area contributed by atoms with Gasteiger partial charge in [-0.25, -0.2) is 15.0 Å². The number of aromatic nitrogens is 1. The van der Waals surface area contributed by atoms with E-state index in [1.165, 1.54) is 14.2 Å². The van der Waals surface area contributed by atoms with Gasteiger partial charge in [0.15, 0.2) is 0 Å². The Labute approximate surface area is 278 Å². The number of aliphatic imine (C=N–C) groups is 3. The number of fused-ring (bicyclic) bond motifs is 5. The van der Waals surface area contributed by atoms with Crippen molar-refractivity contribution < 1.29 is 29.5 Å². The fourth-order valence-electron chi connectivity index (χ4n) is 6.37. The topological polar surface area (TPSA) is 170 Å². The molecule has 0 unspecified atom stereocenters. The highest BCUT2D eigenvalue weighted by Gasteiger charge is 2.28. The summed E-state index contributed by atoms with van der Waals surface area (Å²) in [6.45, 7) is 11.3. The lowest BCUT2D eigenvalue weighted by molar-refractivity contribution is -0.141. The number of hydrogen-bond donors (Lipinski definition) is 4. The van der Waals surface area contributed by atoms with Crippen molar-refractivity contribution in [2.24, 2.45) is 20.1 Å². The first kappa shape index (κ1) is 34.0. The third kappa shape index (κ3) is 6.30. The van der Waals surface area contributed by atoms with Crippen LogP contribution in [0.5, 0.6) is 0 Å². The maximum absolute atomic E-state index is 12.2. The van der Waals surface area contributed by atoms with Gasteiger partial charge < -0.3 is 19.7 Å². The number of esters is 2. The van der Waals surface area contributed by atoms with Gasteiger partial charge in [-0.1, -0.05) is 5.16 Å².